The molecule has 1 unspecified atom stereocenters. The maximum Gasteiger partial charge on any atom is 0.223 e. The number of amides is 1. The van der Waals surface area contributed by atoms with Crippen LogP contribution < -0.4 is 0 Å². The number of carbonyl (C=O) groups is 1. The molecule has 6 rings (SSSR count). The van der Waals surface area contributed by atoms with Crippen LogP contribution in [0.15, 0.2) is 18.5 Å². The van der Waals surface area contributed by atoms with Gasteiger partial charge in [0, 0.05) is 25.4 Å². The van der Waals surface area contributed by atoms with Crippen molar-refractivity contribution in [3.63, 3.8) is 0 Å². The Morgan fingerprint density at radius 2 is 1.83 bits per heavy atom. The number of nitrogens with zero attached hydrogens (tertiary/aromatic N) is 3. The highest BCUT2D eigenvalue weighted by Gasteiger charge is 2.52. The van der Waals surface area contributed by atoms with E-state index < -0.39 is 0 Å². The summed E-state index contributed by atoms with van der Waals surface area (Å²) in [5.74, 6) is 3.24. The van der Waals surface area contributed by atoms with Crippen molar-refractivity contribution in [2.45, 2.75) is 70.4 Å². The van der Waals surface area contributed by atoms with Crippen molar-refractivity contribution in [3.05, 3.63) is 18.5 Å². The van der Waals surface area contributed by atoms with Crippen LogP contribution in [0.25, 0.3) is 0 Å². The fourth-order valence-electron chi connectivity index (χ4n) is 6.91. The minimum atomic E-state index is 0.353. The molecule has 4 saturated carbocycles. The maximum atomic E-state index is 13.2. The van der Waals surface area contributed by atoms with Crippen molar-refractivity contribution in [1.82, 2.24) is 14.7 Å². The molecule has 1 aromatic rings. The molecule has 1 amide bonds. The number of carbonyl (C=O) groups excluding carboxylic acids is 1. The molecule has 0 N–H and O–H groups in total. The predicted molar refractivity (Wildman–Crippen MR) is 92.2 cm³/mol. The van der Waals surface area contributed by atoms with Crippen LogP contribution in [0.5, 0.6) is 0 Å². The van der Waals surface area contributed by atoms with Crippen molar-refractivity contribution in [2.24, 2.45) is 23.2 Å². The quantitative estimate of drug-likeness (QED) is 0.849. The van der Waals surface area contributed by atoms with Crippen LogP contribution in [-0.2, 0) is 11.3 Å². The number of hydrogen-bond donors (Lipinski definition) is 0. The Kier molecular flexibility index (Phi) is 3.50. The molecule has 130 valence electrons. The molecule has 4 bridgehead atoms. The van der Waals surface area contributed by atoms with Crippen molar-refractivity contribution >= 4 is 5.91 Å². The van der Waals surface area contributed by atoms with E-state index in [-0.39, 0.29) is 0 Å². The highest BCUT2D eigenvalue weighted by atomic mass is 16.2. The molecule has 0 spiro atoms. The first-order chi connectivity index (χ1) is 11.7. The summed E-state index contributed by atoms with van der Waals surface area (Å²) in [7, 11) is 0. The lowest BCUT2D eigenvalue weighted by Gasteiger charge is -2.57. The molecule has 4 heteroatoms. The smallest absolute Gasteiger partial charge is 0.223 e. The zero-order chi connectivity index (χ0) is 16.1. The molecule has 4 nitrogen and oxygen atoms in total. The first-order valence-electron chi connectivity index (χ1n) is 9.96. The van der Waals surface area contributed by atoms with E-state index in [9.17, 15) is 4.79 Å². The van der Waals surface area contributed by atoms with Gasteiger partial charge < -0.3 is 4.90 Å². The minimum Gasteiger partial charge on any atom is -0.338 e. The van der Waals surface area contributed by atoms with E-state index in [4.69, 9.17) is 0 Å². The Bertz CT molecular complexity index is 573. The summed E-state index contributed by atoms with van der Waals surface area (Å²) < 4.78 is 1.99. The minimum absolute atomic E-state index is 0.353. The summed E-state index contributed by atoms with van der Waals surface area (Å²) in [4.78, 5) is 15.4. The zero-order valence-corrected chi connectivity index (χ0v) is 14.6. The van der Waals surface area contributed by atoms with Crippen molar-refractivity contribution in [3.8, 4) is 0 Å². The molecule has 1 atom stereocenters. The fourth-order valence-corrected chi connectivity index (χ4v) is 6.91. The van der Waals surface area contributed by atoms with Gasteiger partial charge in [-0.25, -0.2) is 0 Å². The molecular weight excluding hydrogens is 298 g/mol. The summed E-state index contributed by atoms with van der Waals surface area (Å²) in [6.07, 6.45) is 15.3. The normalized spacial score (nSPS) is 40.4. The Balaban J connectivity index is 1.28. The van der Waals surface area contributed by atoms with Gasteiger partial charge in [-0.15, -0.1) is 0 Å². The highest BCUT2D eigenvalue weighted by molar-refractivity contribution is 5.77. The van der Waals surface area contributed by atoms with Gasteiger partial charge in [0.15, 0.2) is 0 Å². The van der Waals surface area contributed by atoms with Crippen LogP contribution in [0.3, 0.4) is 0 Å². The van der Waals surface area contributed by atoms with Gasteiger partial charge >= 0.3 is 0 Å². The third-order valence-corrected chi connectivity index (χ3v) is 7.35. The molecule has 2 heterocycles. The lowest BCUT2D eigenvalue weighted by Crippen LogP contribution is -2.49. The van der Waals surface area contributed by atoms with Crippen molar-refractivity contribution in [2.75, 3.05) is 6.54 Å². The van der Waals surface area contributed by atoms with E-state index in [0.717, 1.165) is 50.1 Å². The van der Waals surface area contributed by atoms with Gasteiger partial charge in [0.25, 0.3) is 0 Å². The summed E-state index contributed by atoms with van der Waals surface area (Å²) in [5.41, 5.74) is 0.366. The van der Waals surface area contributed by atoms with Crippen LogP contribution >= 0.6 is 0 Å². The van der Waals surface area contributed by atoms with Crippen molar-refractivity contribution in [1.29, 1.82) is 0 Å². The maximum absolute atomic E-state index is 13.2. The lowest BCUT2D eigenvalue weighted by molar-refractivity contribution is -0.140. The van der Waals surface area contributed by atoms with Gasteiger partial charge in [0.05, 0.1) is 12.6 Å². The van der Waals surface area contributed by atoms with E-state index in [1.807, 2.05) is 23.1 Å². The second-order valence-electron chi connectivity index (χ2n) is 9.21. The molecule has 0 radical (unpaired) electrons. The summed E-state index contributed by atoms with van der Waals surface area (Å²) in [6, 6.07) is 2.32. The monoisotopic (exact) mass is 327 g/mol. The average Bonchev–Trinajstić information content (AvgIpc) is 3.17. The average molecular weight is 327 g/mol. The molecule has 1 aromatic heterocycles. The summed E-state index contributed by atoms with van der Waals surface area (Å²) in [5, 5.41) is 4.33. The molecular formula is C20H29N3O. The summed E-state index contributed by atoms with van der Waals surface area (Å²) in [6.45, 7) is 1.82. The molecule has 5 aliphatic rings. The third kappa shape index (κ3) is 2.58. The molecule has 24 heavy (non-hydrogen) atoms. The van der Waals surface area contributed by atoms with E-state index >= 15 is 0 Å². The molecule has 1 saturated heterocycles. The molecule has 1 aliphatic heterocycles. The van der Waals surface area contributed by atoms with Crippen LogP contribution in [0, 0.1) is 23.2 Å². The number of hydrogen-bond acceptors (Lipinski definition) is 2. The largest absolute Gasteiger partial charge is 0.338 e. The first kappa shape index (κ1) is 15.0. The predicted octanol–water partition coefficient (Wildman–Crippen LogP) is 3.48. The van der Waals surface area contributed by atoms with Gasteiger partial charge in [0.2, 0.25) is 5.91 Å². The van der Waals surface area contributed by atoms with E-state index in [1.54, 1.807) is 0 Å². The Morgan fingerprint density at radius 1 is 1.12 bits per heavy atom. The van der Waals surface area contributed by atoms with E-state index in [0.29, 0.717) is 17.4 Å². The van der Waals surface area contributed by atoms with E-state index in [1.165, 1.54) is 38.5 Å². The van der Waals surface area contributed by atoms with Gasteiger partial charge in [0.1, 0.15) is 0 Å². The molecule has 4 aliphatic carbocycles. The van der Waals surface area contributed by atoms with Crippen LogP contribution in [0.1, 0.15) is 57.8 Å². The second kappa shape index (κ2) is 5.60. The second-order valence-corrected chi connectivity index (χ2v) is 9.21. The van der Waals surface area contributed by atoms with Crippen molar-refractivity contribution < 1.29 is 4.79 Å². The third-order valence-electron chi connectivity index (χ3n) is 7.35. The zero-order valence-electron chi connectivity index (χ0n) is 14.6. The Labute approximate surface area is 144 Å². The van der Waals surface area contributed by atoms with E-state index in [2.05, 4.69) is 10.00 Å². The number of likely N-dealkylation sites (tertiary alicyclic amines) is 1. The van der Waals surface area contributed by atoms with Gasteiger partial charge in [-0.2, -0.15) is 5.10 Å². The molecule has 0 aromatic carbocycles. The standard InChI is InChI=1S/C20H29N3O/c24-19(23-6-1-3-18(23)14-22-5-2-4-21-22)13-20-10-15-7-16(11-20)9-17(8-15)12-20/h2,4-5,15-18H,1,3,6-14H2. The lowest BCUT2D eigenvalue weighted by atomic mass is 9.49. The number of rotatable bonds is 4. The van der Waals surface area contributed by atoms with Gasteiger partial charge in [-0.3, -0.25) is 9.48 Å². The van der Waals surface area contributed by atoms with Gasteiger partial charge in [-0.05, 0) is 80.6 Å². The molecule has 5 fully saturated rings. The summed E-state index contributed by atoms with van der Waals surface area (Å²) >= 11 is 0. The first-order valence-corrected chi connectivity index (χ1v) is 9.96. The number of aromatic nitrogens is 2. The Hall–Kier alpha value is -1.32. The van der Waals surface area contributed by atoms with Gasteiger partial charge in [-0.1, -0.05) is 0 Å². The van der Waals surface area contributed by atoms with Crippen LogP contribution in [0.4, 0.5) is 0 Å². The topological polar surface area (TPSA) is 38.1 Å². The fraction of sp³-hybridized carbons (Fsp3) is 0.800. The highest BCUT2D eigenvalue weighted by Crippen LogP contribution is 2.61. The Morgan fingerprint density at radius 3 is 2.46 bits per heavy atom. The van der Waals surface area contributed by atoms with Crippen LogP contribution in [0.2, 0.25) is 0 Å². The SMILES string of the molecule is O=C(CC12CC3CC(CC(C3)C1)C2)N1CCCC1Cn1cccn1. The van der Waals surface area contributed by atoms with Crippen LogP contribution in [-0.4, -0.2) is 33.2 Å².